The molecule has 0 aliphatic carbocycles. The second-order valence-corrected chi connectivity index (χ2v) is 5.97. The molecule has 2 rings (SSSR count). The van der Waals surface area contributed by atoms with E-state index < -0.39 is 0 Å². The van der Waals surface area contributed by atoms with Gasteiger partial charge in [-0.2, -0.15) is 0 Å². The summed E-state index contributed by atoms with van der Waals surface area (Å²) in [6.07, 6.45) is 2.86. The third-order valence-electron chi connectivity index (χ3n) is 4.23. The molecule has 0 radical (unpaired) electrons. The molecule has 0 unspecified atom stereocenters. The Morgan fingerprint density at radius 2 is 1.73 bits per heavy atom. The van der Waals surface area contributed by atoms with Crippen LogP contribution < -0.4 is 0 Å². The van der Waals surface area contributed by atoms with Crippen molar-refractivity contribution in [2.45, 2.75) is 26.7 Å². The van der Waals surface area contributed by atoms with Crippen LogP contribution in [0.2, 0.25) is 0 Å². The number of piperidine rings is 1. The van der Waals surface area contributed by atoms with Crippen molar-refractivity contribution in [2.75, 3.05) is 39.8 Å². The average molecular weight is 210 g/mol. The summed E-state index contributed by atoms with van der Waals surface area (Å²) in [6, 6.07) is 0. The molecule has 0 bridgehead atoms. The molecule has 0 saturated carbocycles. The molecule has 2 fully saturated rings. The second kappa shape index (κ2) is 4.84. The molecule has 2 heterocycles. The first-order valence-corrected chi connectivity index (χ1v) is 6.56. The summed E-state index contributed by atoms with van der Waals surface area (Å²) in [5.41, 5.74) is 0. The van der Waals surface area contributed by atoms with Crippen molar-refractivity contribution in [2.24, 2.45) is 17.8 Å². The van der Waals surface area contributed by atoms with Gasteiger partial charge in [-0.15, -0.1) is 0 Å². The normalized spacial score (nSPS) is 27.2. The van der Waals surface area contributed by atoms with Gasteiger partial charge in [-0.3, -0.25) is 0 Å². The molecule has 0 atom stereocenters. The zero-order chi connectivity index (χ0) is 10.8. The summed E-state index contributed by atoms with van der Waals surface area (Å²) in [5.74, 6) is 2.85. The van der Waals surface area contributed by atoms with Gasteiger partial charge in [0, 0.05) is 19.6 Å². The molecule has 0 N–H and O–H groups in total. The van der Waals surface area contributed by atoms with Crippen LogP contribution in [0.1, 0.15) is 26.7 Å². The van der Waals surface area contributed by atoms with Gasteiger partial charge in [-0.05, 0) is 50.7 Å². The van der Waals surface area contributed by atoms with E-state index in [1.54, 1.807) is 0 Å². The van der Waals surface area contributed by atoms with E-state index in [1.165, 1.54) is 45.6 Å². The standard InChI is InChI=1S/C13H26N2/c1-11(2)13-4-6-15(7-5-13)10-12-8-14(3)9-12/h11-13H,4-10H2,1-3H3. The molecular formula is C13H26N2. The van der Waals surface area contributed by atoms with E-state index in [0.717, 1.165) is 17.8 Å². The van der Waals surface area contributed by atoms with Crippen LogP contribution in [-0.4, -0.2) is 49.6 Å². The molecule has 0 aromatic carbocycles. The Morgan fingerprint density at radius 3 is 2.20 bits per heavy atom. The lowest BCUT2D eigenvalue weighted by molar-refractivity contribution is 0.0688. The van der Waals surface area contributed by atoms with Crippen LogP contribution in [0.15, 0.2) is 0 Å². The third-order valence-corrected chi connectivity index (χ3v) is 4.23. The molecular weight excluding hydrogens is 184 g/mol. The summed E-state index contributed by atoms with van der Waals surface area (Å²) < 4.78 is 0. The molecule has 0 aromatic heterocycles. The number of hydrogen-bond donors (Lipinski definition) is 0. The van der Waals surface area contributed by atoms with Crippen molar-refractivity contribution in [3.8, 4) is 0 Å². The van der Waals surface area contributed by atoms with E-state index in [9.17, 15) is 0 Å². The smallest absolute Gasteiger partial charge is 0.00342 e. The largest absolute Gasteiger partial charge is 0.306 e. The van der Waals surface area contributed by atoms with E-state index in [-0.39, 0.29) is 0 Å². The van der Waals surface area contributed by atoms with Crippen LogP contribution in [0, 0.1) is 17.8 Å². The van der Waals surface area contributed by atoms with Crippen LogP contribution in [0.5, 0.6) is 0 Å². The van der Waals surface area contributed by atoms with E-state index in [2.05, 4.69) is 30.7 Å². The Hall–Kier alpha value is -0.0800. The number of rotatable bonds is 3. The molecule has 15 heavy (non-hydrogen) atoms. The van der Waals surface area contributed by atoms with Gasteiger partial charge in [0.2, 0.25) is 0 Å². The van der Waals surface area contributed by atoms with E-state index in [0.29, 0.717) is 0 Å². The molecule has 2 saturated heterocycles. The summed E-state index contributed by atoms with van der Waals surface area (Å²) in [4.78, 5) is 5.11. The molecule has 0 aromatic rings. The fraction of sp³-hybridized carbons (Fsp3) is 1.00. The maximum absolute atomic E-state index is 2.69. The highest BCUT2D eigenvalue weighted by atomic mass is 15.2. The van der Waals surface area contributed by atoms with Gasteiger partial charge in [-0.25, -0.2) is 0 Å². The van der Waals surface area contributed by atoms with Gasteiger partial charge >= 0.3 is 0 Å². The Labute approximate surface area is 94.6 Å². The topological polar surface area (TPSA) is 6.48 Å². The minimum atomic E-state index is 0.891. The van der Waals surface area contributed by atoms with Crippen LogP contribution in [0.3, 0.4) is 0 Å². The van der Waals surface area contributed by atoms with Crippen molar-refractivity contribution in [3.05, 3.63) is 0 Å². The number of hydrogen-bond acceptors (Lipinski definition) is 2. The van der Waals surface area contributed by atoms with Crippen LogP contribution in [0.4, 0.5) is 0 Å². The fourth-order valence-electron chi connectivity index (χ4n) is 3.11. The molecule has 0 spiro atoms. The SMILES string of the molecule is CC(C)C1CCN(CC2CN(C)C2)CC1. The minimum Gasteiger partial charge on any atom is -0.306 e. The predicted molar refractivity (Wildman–Crippen MR) is 65.0 cm³/mol. The second-order valence-electron chi connectivity index (χ2n) is 5.97. The zero-order valence-electron chi connectivity index (χ0n) is 10.6. The molecule has 2 aliphatic heterocycles. The monoisotopic (exact) mass is 210 g/mol. The van der Waals surface area contributed by atoms with Crippen molar-refractivity contribution in [3.63, 3.8) is 0 Å². The first kappa shape index (κ1) is 11.4. The van der Waals surface area contributed by atoms with Crippen LogP contribution >= 0.6 is 0 Å². The highest BCUT2D eigenvalue weighted by Gasteiger charge is 2.28. The van der Waals surface area contributed by atoms with Crippen LogP contribution in [-0.2, 0) is 0 Å². The number of nitrogens with zero attached hydrogens (tertiary/aromatic N) is 2. The third kappa shape index (κ3) is 2.94. The maximum Gasteiger partial charge on any atom is 0.00342 e. The van der Waals surface area contributed by atoms with Gasteiger partial charge in [0.05, 0.1) is 0 Å². The Morgan fingerprint density at radius 1 is 1.13 bits per heavy atom. The summed E-state index contributed by atoms with van der Waals surface area (Å²) in [5, 5.41) is 0. The summed E-state index contributed by atoms with van der Waals surface area (Å²) in [6.45, 7) is 11.5. The van der Waals surface area contributed by atoms with Gasteiger partial charge in [0.15, 0.2) is 0 Å². The van der Waals surface area contributed by atoms with Crippen LogP contribution in [0.25, 0.3) is 0 Å². The fourth-order valence-corrected chi connectivity index (χ4v) is 3.11. The lowest BCUT2D eigenvalue weighted by Crippen LogP contribution is -2.50. The molecule has 2 aliphatic rings. The van der Waals surface area contributed by atoms with Crippen molar-refractivity contribution >= 4 is 0 Å². The Balaban J connectivity index is 1.65. The highest BCUT2D eigenvalue weighted by molar-refractivity contribution is 4.82. The lowest BCUT2D eigenvalue weighted by atomic mass is 9.86. The van der Waals surface area contributed by atoms with Gasteiger partial charge in [-0.1, -0.05) is 13.8 Å². The van der Waals surface area contributed by atoms with Crippen molar-refractivity contribution < 1.29 is 0 Å². The van der Waals surface area contributed by atoms with E-state index in [4.69, 9.17) is 0 Å². The zero-order valence-corrected chi connectivity index (χ0v) is 10.6. The molecule has 2 heteroatoms. The van der Waals surface area contributed by atoms with Crippen molar-refractivity contribution in [1.29, 1.82) is 0 Å². The molecule has 0 amide bonds. The minimum absolute atomic E-state index is 0.891. The maximum atomic E-state index is 2.69. The highest BCUT2D eigenvalue weighted by Crippen LogP contribution is 2.25. The lowest BCUT2D eigenvalue weighted by Gasteiger charge is -2.41. The molecule has 88 valence electrons. The Bertz CT molecular complexity index is 189. The average Bonchev–Trinajstić information content (AvgIpc) is 2.16. The quantitative estimate of drug-likeness (QED) is 0.702. The van der Waals surface area contributed by atoms with Crippen molar-refractivity contribution in [1.82, 2.24) is 9.80 Å². The Kier molecular flexibility index (Phi) is 3.68. The molecule has 2 nitrogen and oxygen atoms in total. The van der Waals surface area contributed by atoms with E-state index in [1.807, 2.05) is 0 Å². The van der Waals surface area contributed by atoms with E-state index >= 15 is 0 Å². The predicted octanol–water partition coefficient (Wildman–Crippen LogP) is 1.92. The van der Waals surface area contributed by atoms with Gasteiger partial charge < -0.3 is 9.80 Å². The van der Waals surface area contributed by atoms with Gasteiger partial charge in [0.1, 0.15) is 0 Å². The summed E-state index contributed by atoms with van der Waals surface area (Å²) in [7, 11) is 2.22. The summed E-state index contributed by atoms with van der Waals surface area (Å²) >= 11 is 0. The van der Waals surface area contributed by atoms with Gasteiger partial charge in [0.25, 0.3) is 0 Å². The number of likely N-dealkylation sites (tertiary alicyclic amines) is 2. The first-order valence-electron chi connectivity index (χ1n) is 6.56. The first-order chi connectivity index (χ1) is 7.15.